The Morgan fingerprint density at radius 3 is 2.38 bits per heavy atom. The van der Waals surface area contributed by atoms with Crippen molar-refractivity contribution >= 4 is 46.6 Å². The van der Waals surface area contributed by atoms with Gasteiger partial charge in [-0.25, -0.2) is 0 Å². The summed E-state index contributed by atoms with van der Waals surface area (Å²) >= 11 is 8.93. The third kappa shape index (κ3) is 3.41. The van der Waals surface area contributed by atoms with Gasteiger partial charge >= 0.3 is 5.70 Å². The predicted octanol–water partition coefficient (Wildman–Crippen LogP) is 2.66. The summed E-state index contributed by atoms with van der Waals surface area (Å²) in [5, 5.41) is 17.6. The Morgan fingerprint density at radius 2 is 1.86 bits per heavy atom. The molecule has 0 aromatic carbocycles. The van der Waals surface area contributed by atoms with E-state index in [2.05, 4.69) is 30.2 Å². The molecule has 0 spiro atoms. The normalized spacial score (nSPS) is 11.1. The van der Waals surface area contributed by atoms with Crippen LogP contribution in [0.5, 0.6) is 0 Å². The minimum absolute atomic E-state index is 0.00191. The lowest BCUT2D eigenvalue weighted by molar-refractivity contribution is -0.576. The number of hydrogen-bond donors (Lipinski definition) is 2. The molecule has 0 aliphatic carbocycles. The number of pyridine rings is 2. The molecule has 0 N–H and O–H groups in total. The molecule has 0 fully saturated rings. The Morgan fingerprint density at radius 1 is 1.14 bits per heavy atom. The Hall–Kier alpha value is -2.32. The van der Waals surface area contributed by atoms with Gasteiger partial charge in [0.15, 0.2) is 18.5 Å². The molecule has 0 atom stereocenters. The third-order valence-corrected chi connectivity index (χ3v) is 3.82. The molecule has 4 nitrogen and oxygen atoms in total. The van der Waals surface area contributed by atoms with E-state index in [0.717, 1.165) is 11.3 Å². The average molecular weight is 310 g/mol. The molecule has 2 aromatic heterocycles. The summed E-state index contributed by atoms with van der Waals surface area (Å²) in [5.41, 5.74) is 1.55. The van der Waals surface area contributed by atoms with Crippen LogP contribution in [0.1, 0.15) is 11.3 Å². The highest BCUT2D eigenvalue weighted by molar-refractivity contribution is 7.96. The van der Waals surface area contributed by atoms with Gasteiger partial charge in [-0.1, -0.05) is 6.07 Å². The summed E-state index contributed by atoms with van der Waals surface area (Å²) in [6, 6.07) is 10.9. The fraction of sp³-hybridized carbons (Fsp3) is 0. The number of allylic oxidation sites excluding steroid dienone is 1. The maximum Gasteiger partial charge on any atom is 0.309 e. The van der Waals surface area contributed by atoms with E-state index >= 15 is 0 Å². The zero-order valence-corrected chi connectivity index (χ0v) is 12.6. The molecule has 2 rings (SSSR count). The van der Waals surface area contributed by atoms with Crippen molar-refractivity contribution in [3.8, 4) is 6.07 Å². The van der Waals surface area contributed by atoms with Gasteiger partial charge in [-0.05, 0) is 12.1 Å². The van der Waals surface area contributed by atoms with Crippen LogP contribution in [0.15, 0.2) is 48.9 Å². The summed E-state index contributed by atoms with van der Waals surface area (Å²) in [5.74, 6) is 1.83. The highest BCUT2D eigenvalue weighted by Gasteiger charge is 2.10. The molecule has 6 heteroatoms. The third-order valence-electron chi connectivity index (χ3n) is 2.70. The summed E-state index contributed by atoms with van der Waals surface area (Å²) in [7, 11) is 0. The zero-order chi connectivity index (χ0) is 15.2. The molecular formula is C15H10N4S2. The average Bonchev–Trinajstić information content (AvgIpc) is 2.56. The summed E-state index contributed by atoms with van der Waals surface area (Å²) in [4.78, 5) is 5.54. The molecule has 0 aliphatic heterocycles. The van der Waals surface area contributed by atoms with E-state index in [9.17, 15) is 0 Å². The Bertz CT molecular complexity index is 768. The van der Waals surface area contributed by atoms with Crippen LogP contribution in [0.2, 0.25) is 0 Å². The van der Waals surface area contributed by atoms with Crippen LogP contribution >= 0.6 is 25.3 Å². The largest absolute Gasteiger partial charge is 0.757 e. The van der Waals surface area contributed by atoms with Gasteiger partial charge in [0, 0.05) is 33.7 Å². The van der Waals surface area contributed by atoms with E-state index in [1.807, 2.05) is 30.1 Å². The minimum atomic E-state index is 0.00191. The summed E-state index contributed by atoms with van der Waals surface area (Å²) < 4.78 is 1.45. The lowest BCUT2D eigenvalue weighted by Gasteiger charge is -2.05. The topological polar surface area (TPSA) is 62.9 Å². The Balaban J connectivity index is 2.39. The number of rotatable bonds is 3. The molecule has 0 amide bonds. The van der Waals surface area contributed by atoms with Crippen LogP contribution in [0.4, 0.5) is 0 Å². The van der Waals surface area contributed by atoms with Crippen molar-refractivity contribution in [2.75, 3.05) is 0 Å². The minimum Gasteiger partial charge on any atom is -0.757 e. The highest BCUT2D eigenvalue weighted by Crippen LogP contribution is 2.30. The first-order valence-electron chi connectivity index (χ1n) is 5.90. The van der Waals surface area contributed by atoms with Gasteiger partial charge in [-0.3, -0.25) is 4.98 Å². The first-order valence-corrected chi connectivity index (χ1v) is 6.79. The molecule has 0 radical (unpaired) electrons. The van der Waals surface area contributed by atoms with Gasteiger partial charge in [0.1, 0.15) is 0 Å². The molecule has 102 valence electrons. The van der Waals surface area contributed by atoms with Crippen LogP contribution in [-0.2, 0) is 0 Å². The second kappa shape index (κ2) is 6.91. The zero-order valence-electron chi connectivity index (χ0n) is 10.8. The van der Waals surface area contributed by atoms with Crippen molar-refractivity contribution in [1.29, 1.82) is 5.26 Å². The lowest BCUT2D eigenvalue weighted by atomic mass is 10.2. The fourth-order valence-electron chi connectivity index (χ4n) is 1.63. The highest BCUT2D eigenvalue weighted by atomic mass is 32.1. The lowest BCUT2D eigenvalue weighted by Crippen LogP contribution is -2.30. The van der Waals surface area contributed by atoms with Crippen molar-refractivity contribution in [2.24, 2.45) is 0 Å². The van der Waals surface area contributed by atoms with Gasteiger partial charge in [-0.2, -0.15) is 15.7 Å². The predicted molar refractivity (Wildman–Crippen MR) is 89.3 cm³/mol. The summed E-state index contributed by atoms with van der Waals surface area (Å²) in [6.07, 6.45) is 4.95. The van der Waals surface area contributed by atoms with Crippen molar-refractivity contribution < 1.29 is 4.57 Å². The Labute approximate surface area is 133 Å². The van der Waals surface area contributed by atoms with Crippen molar-refractivity contribution in [3.05, 3.63) is 65.6 Å². The molecule has 0 bridgehead atoms. The number of hydrogen-bond acceptors (Lipinski definition) is 4. The monoisotopic (exact) mass is 310 g/mol. The van der Waals surface area contributed by atoms with Crippen LogP contribution in [0.25, 0.3) is 20.9 Å². The second-order valence-corrected chi connectivity index (χ2v) is 4.87. The van der Waals surface area contributed by atoms with Gasteiger partial charge in [-0.15, -0.1) is 25.3 Å². The van der Waals surface area contributed by atoms with Gasteiger partial charge < -0.3 is 5.41 Å². The second-order valence-electron chi connectivity index (χ2n) is 3.98. The van der Waals surface area contributed by atoms with E-state index in [4.69, 9.17) is 10.7 Å². The standard InChI is InChI=1S/C15H9N4S2/c16-9-12(10-17)19-7-4-11(5-8-19)14(20)15(21)13-3-1-2-6-18-13/h1-8,20H/q-1/p+1. The van der Waals surface area contributed by atoms with E-state index in [1.54, 1.807) is 30.7 Å². The van der Waals surface area contributed by atoms with E-state index < -0.39 is 0 Å². The van der Waals surface area contributed by atoms with E-state index in [1.165, 1.54) is 4.57 Å². The number of nitrogens with zero attached hydrogens (tertiary/aromatic N) is 4. The molecule has 2 heterocycles. The number of thiol groups is 2. The first-order chi connectivity index (χ1) is 10.2. The quantitative estimate of drug-likeness (QED) is 0.396. The van der Waals surface area contributed by atoms with Crippen molar-refractivity contribution in [1.82, 2.24) is 4.98 Å². The number of aromatic nitrogens is 2. The SMILES string of the molecule is N#CC(=C=[N-])[n+]1ccc(/C(S)=C(\S)c2ccccn2)cc1. The molecule has 0 unspecified atom stereocenters. The van der Waals surface area contributed by atoms with E-state index in [0.29, 0.717) is 9.81 Å². The molecule has 0 aliphatic rings. The van der Waals surface area contributed by atoms with Crippen molar-refractivity contribution in [2.45, 2.75) is 0 Å². The van der Waals surface area contributed by atoms with Crippen molar-refractivity contribution in [3.63, 3.8) is 0 Å². The summed E-state index contributed by atoms with van der Waals surface area (Å²) in [6.45, 7) is 0. The van der Waals surface area contributed by atoms with Gasteiger partial charge in [0.05, 0.1) is 5.69 Å². The van der Waals surface area contributed by atoms with Crippen LogP contribution < -0.4 is 4.57 Å². The van der Waals surface area contributed by atoms with Crippen LogP contribution in [0, 0.1) is 11.3 Å². The molecule has 2 aromatic rings. The smallest absolute Gasteiger partial charge is 0.309 e. The van der Waals surface area contributed by atoms with Gasteiger partial charge in [0.25, 0.3) is 0 Å². The molecule has 21 heavy (non-hydrogen) atoms. The van der Waals surface area contributed by atoms with E-state index in [-0.39, 0.29) is 5.70 Å². The molecule has 0 saturated carbocycles. The van der Waals surface area contributed by atoms with Crippen LogP contribution in [0.3, 0.4) is 0 Å². The number of nitriles is 1. The maximum absolute atomic E-state index is 8.82. The Kier molecular flexibility index (Phi) is 4.96. The van der Waals surface area contributed by atoms with Gasteiger partial charge in [0.2, 0.25) is 0 Å². The first kappa shape index (κ1) is 15.1. The molecular weight excluding hydrogens is 300 g/mol. The fourth-order valence-corrected chi connectivity index (χ4v) is 2.16. The maximum atomic E-state index is 8.82. The van der Waals surface area contributed by atoms with Crippen LogP contribution in [-0.4, -0.2) is 10.9 Å². The molecule has 0 saturated heterocycles.